The summed E-state index contributed by atoms with van der Waals surface area (Å²) >= 11 is 0. The first-order valence-electron chi connectivity index (χ1n) is 10.9. The number of amides is 1. The number of piperidine rings is 1. The summed E-state index contributed by atoms with van der Waals surface area (Å²) in [5.41, 5.74) is 15.5. The molecule has 0 unspecified atom stereocenters. The highest BCUT2D eigenvalue weighted by atomic mass is 16.1. The van der Waals surface area contributed by atoms with Gasteiger partial charge < -0.3 is 21.7 Å². The van der Waals surface area contributed by atoms with Gasteiger partial charge in [-0.25, -0.2) is 4.98 Å². The van der Waals surface area contributed by atoms with Crippen LogP contribution in [-0.2, 0) is 0 Å². The first-order chi connectivity index (χ1) is 15.4. The molecule has 3 heterocycles. The summed E-state index contributed by atoms with van der Waals surface area (Å²) in [4.78, 5) is 28.0. The molecule has 1 atom stereocenters. The van der Waals surface area contributed by atoms with Gasteiger partial charge in [0.1, 0.15) is 11.4 Å². The molecule has 1 aliphatic rings. The Bertz CT molecular complexity index is 1100. The van der Waals surface area contributed by atoms with E-state index in [0.717, 1.165) is 42.0 Å². The summed E-state index contributed by atoms with van der Waals surface area (Å²) in [5, 5.41) is 3.30. The minimum Gasteiger partial charge on any atom is -0.365 e. The zero-order valence-electron chi connectivity index (χ0n) is 18.5. The number of hydrogen-bond donors (Lipinski definition) is 3. The van der Waals surface area contributed by atoms with Gasteiger partial charge >= 0.3 is 0 Å². The predicted molar refractivity (Wildman–Crippen MR) is 127 cm³/mol. The number of nitrogens with one attached hydrogen (secondary N) is 1. The van der Waals surface area contributed by atoms with Crippen molar-refractivity contribution >= 4 is 23.4 Å². The number of primary amides is 1. The van der Waals surface area contributed by atoms with Crippen molar-refractivity contribution in [3.05, 3.63) is 59.9 Å². The van der Waals surface area contributed by atoms with E-state index in [1.807, 2.05) is 47.4 Å². The summed E-state index contributed by atoms with van der Waals surface area (Å²) in [5.74, 6) is 0.553. The van der Waals surface area contributed by atoms with Crippen molar-refractivity contribution in [2.45, 2.75) is 38.6 Å². The van der Waals surface area contributed by atoms with Crippen LogP contribution in [0.3, 0.4) is 0 Å². The fourth-order valence-corrected chi connectivity index (χ4v) is 3.81. The van der Waals surface area contributed by atoms with Crippen LogP contribution in [0.1, 0.15) is 48.7 Å². The average molecular weight is 432 g/mol. The van der Waals surface area contributed by atoms with E-state index in [9.17, 15) is 4.79 Å². The number of nitrogens with zero attached hydrogens (tertiary/aromatic N) is 4. The quantitative estimate of drug-likeness (QED) is 0.546. The van der Waals surface area contributed by atoms with Gasteiger partial charge in [0.05, 0.1) is 5.69 Å². The molecule has 166 valence electrons. The zero-order chi connectivity index (χ0) is 22.7. The molecule has 4 rings (SSSR count). The zero-order valence-corrected chi connectivity index (χ0v) is 18.5. The predicted octanol–water partition coefficient (Wildman–Crippen LogP) is 3.43. The minimum absolute atomic E-state index is 0.0850. The van der Waals surface area contributed by atoms with Crippen molar-refractivity contribution in [2.75, 3.05) is 23.3 Å². The maximum Gasteiger partial charge on any atom is 0.254 e. The van der Waals surface area contributed by atoms with Crippen molar-refractivity contribution < 1.29 is 4.79 Å². The number of carbonyl (C=O) groups excluding carboxylic acids is 1. The minimum atomic E-state index is -0.587. The third kappa shape index (κ3) is 4.86. The van der Waals surface area contributed by atoms with Crippen molar-refractivity contribution in [1.82, 2.24) is 15.0 Å². The van der Waals surface area contributed by atoms with Gasteiger partial charge in [0.25, 0.3) is 5.91 Å². The van der Waals surface area contributed by atoms with Gasteiger partial charge in [-0.3, -0.25) is 9.78 Å². The summed E-state index contributed by atoms with van der Waals surface area (Å²) in [7, 11) is 0. The van der Waals surface area contributed by atoms with E-state index in [2.05, 4.69) is 29.1 Å². The van der Waals surface area contributed by atoms with Gasteiger partial charge in [0.2, 0.25) is 5.95 Å². The van der Waals surface area contributed by atoms with Crippen LogP contribution in [0.5, 0.6) is 0 Å². The number of aromatic nitrogens is 3. The van der Waals surface area contributed by atoms with E-state index in [1.165, 1.54) is 6.20 Å². The first kappa shape index (κ1) is 21.7. The Hall–Kier alpha value is -3.52. The Kier molecular flexibility index (Phi) is 6.32. The standard InChI is InChI=1S/C24H29N7O/c1-15(2)20-11-18(12-21(29-20)16-7-4-3-5-8-16)28-23-19(22(26)32)13-27-24(30-23)31-10-6-9-17(25)14-31/h3-5,7-8,11-13,15,17H,6,9-10,14,25H2,1-2H3,(H2,26,32)(H,27,28,29,30)/t17-/m0/s1. The molecule has 0 bridgehead atoms. The van der Waals surface area contributed by atoms with E-state index < -0.39 is 5.91 Å². The molecule has 0 aliphatic carbocycles. The maximum absolute atomic E-state index is 12.1. The van der Waals surface area contributed by atoms with Crippen LogP contribution in [0.2, 0.25) is 0 Å². The summed E-state index contributed by atoms with van der Waals surface area (Å²) in [6.45, 7) is 5.70. The van der Waals surface area contributed by atoms with Crippen LogP contribution in [0.25, 0.3) is 11.3 Å². The fraction of sp³-hybridized carbons (Fsp3) is 0.333. The molecule has 1 saturated heterocycles. The van der Waals surface area contributed by atoms with Crippen molar-refractivity contribution in [1.29, 1.82) is 0 Å². The molecular formula is C24H29N7O. The molecule has 3 aromatic rings. The van der Waals surface area contributed by atoms with Gasteiger partial charge in [-0.2, -0.15) is 4.98 Å². The summed E-state index contributed by atoms with van der Waals surface area (Å²) in [6.07, 6.45) is 3.45. The smallest absolute Gasteiger partial charge is 0.254 e. The molecule has 1 amide bonds. The molecule has 32 heavy (non-hydrogen) atoms. The lowest BCUT2D eigenvalue weighted by atomic mass is 10.1. The van der Waals surface area contributed by atoms with E-state index in [-0.39, 0.29) is 17.5 Å². The molecule has 1 aliphatic heterocycles. The number of nitrogens with two attached hydrogens (primary N) is 2. The molecule has 8 heteroatoms. The van der Waals surface area contributed by atoms with Gasteiger partial charge in [-0.1, -0.05) is 44.2 Å². The molecule has 2 aromatic heterocycles. The van der Waals surface area contributed by atoms with E-state index in [0.29, 0.717) is 18.3 Å². The van der Waals surface area contributed by atoms with Crippen LogP contribution in [0.4, 0.5) is 17.5 Å². The topological polar surface area (TPSA) is 123 Å². The van der Waals surface area contributed by atoms with Gasteiger partial charge in [0, 0.05) is 42.3 Å². The molecular weight excluding hydrogens is 402 g/mol. The number of rotatable bonds is 6. The highest BCUT2D eigenvalue weighted by Gasteiger charge is 2.21. The average Bonchev–Trinajstić information content (AvgIpc) is 2.79. The highest BCUT2D eigenvalue weighted by molar-refractivity contribution is 5.98. The molecule has 0 radical (unpaired) electrons. The third-order valence-electron chi connectivity index (χ3n) is 5.55. The monoisotopic (exact) mass is 431 g/mol. The van der Waals surface area contributed by atoms with E-state index >= 15 is 0 Å². The molecule has 1 aromatic carbocycles. The molecule has 8 nitrogen and oxygen atoms in total. The van der Waals surface area contributed by atoms with E-state index in [4.69, 9.17) is 16.5 Å². The first-order valence-corrected chi connectivity index (χ1v) is 10.9. The van der Waals surface area contributed by atoms with Crippen molar-refractivity contribution in [3.63, 3.8) is 0 Å². The van der Waals surface area contributed by atoms with Crippen LogP contribution in [-0.4, -0.2) is 40.0 Å². The normalized spacial score (nSPS) is 16.2. The van der Waals surface area contributed by atoms with Crippen LogP contribution < -0.4 is 21.7 Å². The Morgan fingerprint density at radius 2 is 1.97 bits per heavy atom. The Morgan fingerprint density at radius 3 is 2.66 bits per heavy atom. The number of hydrogen-bond acceptors (Lipinski definition) is 7. The van der Waals surface area contributed by atoms with Crippen LogP contribution in [0, 0.1) is 0 Å². The number of pyridine rings is 1. The number of anilines is 3. The number of carbonyl (C=O) groups is 1. The fourth-order valence-electron chi connectivity index (χ4n) is 3.81. The van der Waals surface area contributed by atoms with Crippen molar-refractivity contribution in [2.24, 2.45) is 11.5 Å². The molecule has 5 N–H and O–H groups in total. The maximum atomic E-state index is 12.1. The highest BCUT2D eigenvalue weighted by Crippen LogP contribution is 2.28. The summed E-state index contributed by atoms with van der Waals surface area (Å²) < 4.78 is 0. The second kappa shape index (κ2) is 9.32. The third-order valence-corrected chi connectivity index (χ3v) is 5.55. The summed E-state index contributed by atoms with van der Waals surface area (Å²) in [6, 6.07) is 14.0. The molecule has 0 spiro atoms. The van der Waals surface area contributed by atoms with E-state index in [1.54, 1.807) is 0 Å². The lowest BCUT2D eigenvalue weighted by Crippen LogP contribution is -2.43. The second-order valence-electron chi connectivity index (χ2n) is 8.46. The second-order valence-corrected chi connectivity index (χ2v) is 8.46. The van der Waals surface area contributed by atoms with Crippen LogP contribution in [0.15, 0.2) is 48.7 Å². The van der Waals surface area contributed by atoms with Crippen LogP contribution >= 0.6 is 0 Å². The lowest BCUT2D eigenvalue weighted by Gasteiger charge is -2.31. The lowest BCUT2D eigenvalue weighted by molar-refractivity contribution is 0.100. The molecule has 0 saturated carbocycles. The van der Waals surface area contributed by atoms with Gasteiger partial charge in [-0.05, 0) is 30.9 Å². The Balaban J connectivity index is 1.73. The van der Waals surface area contributed by atoms with Gasteiger partial charge in [-0.15, -0.1) is 0 Å². The SMILES string of the molecule is CC(C)c1cc(Nc2nc(N3CCC[C@H](N)C3)ncc2C(N)=O)cc(-c2ccccc2)n1. The van der Waals surface area contributed by atoms with Gasteiger partial charge in [0.15, 0.2) is 0 Å². The van der Waals surface area contributed by atoms with Crippen molar-refractivity contribution in [3.8, 4) is 11.3 Å². The molecule has 1 fully saturated rings. The largest absolute Gasteiger partial charge is 0.365 e. The Morgan fingerprint density at radius 1 is 1.19 bits per heavy atom. The number of benzene rings is 1. The Labute approximate surface area is 188 Å².